The summed E-state index contributed by atoms with van der Waals surface area (Å²) in [6.45, 7) is 11.4. The van der Waals surface area contributed by atoms with Gasteiger partial charge in [0.15, 0.2) is 0 Å². The average molecular weight is 245 g/mol. The second-order valence-electron chi connectivity index (χ2n) is 6.84. The molecule has 0 spiro atoms. The molecule has 2 heterocycles. The lowest BCUT2D eigenvalue weighted by molar-refractivity contribution is 0.220. The summed E-state index contributed by atoms with van der Waals surface area (Å²) >= 11 is 0. The van der Waals surface area contributed by atoms with Crippen LogP contribution < -0.4 is 5.32 Å². The van der Waals surface area contributed by atoms with Crippen LogP contribution in [0.5, 0.6) is 0 Å². The van der Waals surface area contributed by atoms with Gasteiger partial charge in [0, 0.05) is 11.0 Å². The molecule has 0 saturated carbocycles. The van der Waals surface area contributed by atoms with Crippen LogP contribution in [0.25, 0.3) is 0 Å². The minimum absolute atomic E-state index is 0. The molecule has 1 atom stereocenters. The predicted octanol–water partition coefficient (Wildman–Crippen LogP) is 3.55. The Labute approximate surface area is 106 Å². The summed E-state index contributed by atoms with van der Waals surface area (Å²) < 4.78 is 0. The summed E-state index contributed by atoms with van der Waals surface area (Å²) in [5, 5.41) is 3.64. The highest BCUT2D eigenvalue weighted by molar-refractivity contribution is 5.90. The molecule has 2 aliphatic rings. The molecule has 0 aromatic rings. The average Bonchev–Trinajstić information content (AvgIpc) is 2.07. The highest BCUT2D eigenvalue weighted by atomic mass is 35.5. The van der Waals surface area contributed by atoms with Crippen molar-refractivity contribution in [1.29, 1.82) is 0 Å². The van der Waals surface area contributed by atoms with Crippen molar-refractivity contribution in [1.82, 2.24) is 5.32 Å². The van der Waals surface area contributed by atoms with E-state index in [9.17, 15) is 0 Å². The first kappa shape index (κ1) is 13.8. The Hall–Kier alpha value is -0.240. The SMILES string of the molecule is CC1(C)CCC2(C)CCC(C)(C)NC2=N1.Cl. The van der Waals surface area contributed by atoms with E-state index in [-0.39, 0.29) is 23.5 Å². The van der Waals surface area contributed by atoms with E-state index in [2.05, 4.69) is 39.9 Å². The van der Waals surface area contributed by atoms with Gasteiger partial charge in [0.1, 0.15) is 5.84 Å². The maximum absolute atomic E-state index is 4.91. The first-order chi connectivity index (χ1) is 6.73. The van der Waals surface area contributed by atoms with Gasteiger partial charge in [-0.1, -0.05) is 6.92 Å². The van der Waals surface area contributed by atoms with Crippen LogP contribution in [-0.2, 0) is 0 Å². The van der Waals surface area contributed by atoms with Gasteiger partial charge in [-0.2, -0.15) is 0 Å². The smallest absolute Gasteiger partial charge is 0.103 e. The number of hydrogen-bond donors (Lipinski definition) is 1. The number of aliphatic imine (C=N–C) groups is 1. The van der Waals surface area contributed by atoms with Crippen LogP contribution in [0.3, 0.4) is 0 Å². The lowest BCUT2D eigenvalue weighted by Gasteiger charge is -2.48. The molecule has 2 rings (SSSR count). The van der Waals surface area contributed by atoms with Crippen LogP contribution in [0.2, 0.25) is 0 Å². The number of nitrogens with zero attached hydrogens (tertiary/aromatic N) is 1. The van der Waals surface area contributed by atoms with Crippen molar-refractivity contribution in [3.8, 4) is 0 Å². The summed E-state index contributed by atoms with van der Waals surface area (Å²) in [7, 11) is 0. The van der Waals surface area contributed by atoms with Crippen molar-refractivity contribution < 1.29 is 0 Å². The Morgan fingerprint density at radius 2 is 1.50 bits per heavy atom. The van der Waals surface area contributed by atoms with Crippen LogP contribution in [0.1, 0.15) is 60.3 Å². The number of hydrogen-bond acceptors (Lipinski definition) is 2. The van der Waals surface area contributed by atoms with Gasteiger partial charge >= 0.3 is 0 Å². The van der Waals surface area contributed by atoms with Gasteiger partial charge < -0.3 is 5.32 Å². The first-order valence-electron chi connectivity index (χ1n) is 6.11. The van der Waals surface area contributed by atoms with Crippen molar-refractivity contribution in [2.24, 2.45) is 10.4 Å². The van der Waals surface area contributed by atoms with E-state index in [0.29, 0.717) is 5.41 Å². The van der Waals surface area contributed by atoms with E-state index in [1.807, 2.05) is 0 Å². The predicted molar refractivity (Wildman–Crippen MR) is 72.6 cm³/mol. The van der Waals surface area contributed by atoms with E-state index in [1.165, 1.54) is 31.5 Å². The van der Waals surface area contributed by atoms with Gasteiger partial charge in [-0.05, 0) is 53.4 Å². The molecule has 1 saturated heterocycles. The van der Waals surface area contributed by atoms with E-state index in [0.717, 1.165) is 0 Å². The molecule has 16 heavy (non-hydrogen) atoms. The lowest BCUT2D eigenvalue weighted by atomic mass is 9.69. The highest BCUT2D eigenvalue weighted by Gasteiger charge is 2.43. The molecule has 0 radical (unpaired) electrons. The zero-order chi connectivity index (χ0) is 11.3. The Balaban J connectivity index is 0.00000128. The molecule has 0 aliphatic carbocycles. The van der Waals surface area contributed by atoms with E-state index < -0.39 is 0 Å². The zero-order valence-electron chi connectivity index (χ0n) is 11.2. The Morgan fingerprint density at radius 3 is 2.12 bits per heavy atom. The fourth-order valence-electron chi connectivity index (χ4n) is 2.59. The fraction of sp³-hybridized carbons (Fsp3) is 0.923. The number of halogens is 1. The number of piperidine rings is 1. The van der Waals surface area contributed by atoms with E-state index in [4.69, 9.17) is 4.99 Å². The van der Waals surface area contributed by atoms with Gasteiger partial charge in [-0.3, -0.25) is 4.99 Å². The van der Waals surface area contributed by atoms with Crippen LogP contribution in [-0.4, -0.2) is 16.9 Å². The van der Waals surface area contributed by atoms with E-state index in [1.54, 1.807) is 0 Å². The number of fused-ring (bicyclic) bond motifs is 1. The third-order valence-electron chi connectivity index (χ3n) is 4.03. The van der Waals surface area contributed by atoms with Crippen molar-refractivity contribution in [2.75, 3.05) is 0 Å². The Kier molecular flexibility index (Phi) is 3.37. The second-order valence-corrected chi connectivity index (χ2v) is 6.84. The fourth-order valence-corrected chi connectivity index (χ4v) is 2.59. The van der Waals surface area contributed by atoms with Crippen LogP contribution in [0.4, 0.5) is 0 Å². The molecule has 0 aromatic heterocycles. The summed E-state index contributed by atoms with van der Waals surface area (Å²) in [6, 6.07) is 0. The molecule has 0 amide bonds. The van der Waals surface area contributed by atoms with Gasteiger partial charge in [0.25, 0.3) is 0 Å². The number of nitrogens with one attached hydrogen (secondary N) is 1. The summed E-state index contributed by atoms with van der Waals surface area (Å²) in [6.07, 6.45) is 5.03. The normalized spacial score (nSPS) is 35.2. The van der Waals surface area contributed by atoms with Crippen molar-refractivity contribution in [3.63, 3.8) is 0 Å². The monoisotopic (exact) mass is 244 g/mol. The summed E-state index contributed by atoms with van der Waals surface area (Å²) in [5.41, 5.74) is 0.687. The molecule has 2 aliphatic heterocycles. The molecule has 2 nitrogen and oxygen atoms in total. The largest absolute Gasteiger partial charge is 0.368 e. The van der Waals surface area contributed by atoms with Crippen LogP contribution in [0.15, 0.2) is 4.99 Å². The maximum atomic E-state index is 4.91. The minimum Gasteiger partial charge on any atom is -0.368 e. The topological polar surface area (TPSA) is 24.4 Å². The third-order valence-corrected chi connectivity index (χ3v) is 4.03. The van der Waals surface area contributed by atoms with Crippen LogP contribution >= 0.6 is 12.4 Å². The van der Waals surface area contributed by atoms with Crippen molar-refractivity contribution in [2.45, 2.75) is 71.4 Å². The molecule has 3 heteroatoms. The molecular weight excluding hydrogens is 220 g/mol. The van der Waals surface area contributed by atoms with Gasteiger partial charge in [0.05, 0.1) is 5.54 Å². The van der Waals surface area contributed by atoms with Gasteiger partial charge in [0.2, 0.25) is 0 Å². The van der Waals surface area contributed by atoms with Crippen molar-refractivity contribution >= 4 is 18.2 Å². The molecular formula is C13H25ClN2. The molecule has 0 aromatic carbocycles. The summed E-state index contributed by atoms with van der Waals surface area (Å²) in [4.78, 5) is 4.91. The molecule has 0 bridgehead atoms. The van der Waals surface area contributed by atoms with Crippen molar-refractivity contribution in [3.05, 3.63) is 0 Å². The molecule has 94 valence electrons. The maximum Gasteiger partial charge on any atom is 0.103 e. The molecule has 1 fully saturated rings. The highest BCUT2D eigenvalue weighted by Crippen LogP contribution is 2.43. The quantitative estimate of drug-likeness (QED) is 0.693. The standard InChI is InChI=1S/C13H24N2.ClH/c1-11(2)6-8-13(5)9-7-12(3,4)15-10(13)14-11;/h6-9H2,1-5H3,(H,14,15);1H. The minimum atomic E-state index is 0. The molecule has 1 unspecified atom stereocenters. The molecule has 1 N–H and O–H groups in total. The number of rotatable bonds is 0. The lowest BCUT2D eigenvalue weighted by Crippen LogP contribution is -2.57. The first-order valence-corrected chi connectivity index (χ1v) is 6.11. The third kappa shape index (κ3) is 2.53. The second kappa shape index (κ2) is 3.90. The van der Waals surface area contributed by atoms with E-state index >= 15 is 0 Å². The Bertz CT molecular complexity index is 307. The Morgan fingerprint density at radius 1 is 0.938 bits per heavy atom. The van der Waals surface area contributed by atoms with Gasteiger partial charge in [-0.25, -0.2) is 0 Å². The van der Waals surface area contributed by atoms with Crippen LogP contribution in [0, 0.1) is 5.41 Å². The van der Waals surface area contributed by atoms with Gasteiger partial charge in [-0.15, -0.1) is 12.4 Å². The number of amidine groups is 1. The zero-order valence-corrected chi connectivity index (χ0v) is 12.0. The summed E-state index contributed by atoms with van der Waals surface area (Å²) in [5.74, 6) is 1.26.